The van der Waals surface area contributed by atoms with Gasteiger partial charge in [-0.25, -0.2) is 8.42 Å². The Morgan fingerprint density at radius 1 is 1.00 bits per heavy atom. The van der Waals surface area contributed by atoms with Crippen LogP contribution in [0.3, 0.4) is 0 Å². The first-order chi connectivity index (χ1) is 10.4. The lowest BCUT2D eigenvalue weighted by Crippen LogP contribution is -2.14. The summed E-state index contributed by atoms with van der Waals surface area (Å²) in [7, 11) is -3.60. The molecule has 0 aromatic heterocycles. The summed E-state index contributed by atoms with van der Waals surface area (Å²) in [5, 5.41) is 3.83. The lowest BCUT2D eigenvalue weighted by atomic mass is 10.2. The Kier molecular flexibility index (Phi) is 5.32. The molecular weight excluding hydrogens is 320 g/mol. The van der Waals surface area contributed by atoms with E-state index < -0.39 is 10.0 Å². The van der Waals surface area contributed by atoms with Crippen LogP contribution in [0.4, 0.5) is 11.4 Å². The zero-order valence-corrected chi connectivity index (χ0v) is 14.1. The van der Waals surface area contributed by atoms with E-state index in [4.69, 9.17) is 11.6 Å². The van der Waals surface area contributed by atoms with Crippen molar-refractivity contribution in [2.24, 2.45) is 0 Å². The molecule has 0 bridgehead atoms. The number of benzene rings is 2. The molecule has 2 aromatic carbocycles. The number of nitrogens with one attached hydrogen (secondary N) is 2. The molecule has 4 nitrogen and oxygen atoms in total. The van der Waals surface area contributed by atoms with E-state index in [9.17, 15) is 8.42 Å². The SMILES string of the molecule is CCC(C)Nc1ccc(NS(=O)(=O)c2ccc(Cl)cc2)cc1. The first kappa shape index (κ1) is 16.6. The maximum atomic E-state index is 12.3. The molecule has 0 spiro atoms. The van der Waals surface area contributed by atoms with Crippen molar-refractivity contribution in [3.63, 3.8) is 0 Å². The summed E-state index contributed by atoms with van der Waals surface area (Å²) >= 11 is 5.77. The van der Waals surface area contributed by atoms with Crippen LogP contribution in [0.5, 0.6) is 0 Å². The highest BCUT2D eigenvalue weighted by molar-refractivity contribution is 7.92. The van der Waals surface area contributed by atoms with Gasteiger partial charge in [0.1, 0.15) is 0 Å². The van der Waals surface area contributed by atoms with Crippen molar-refractivity contribution < 1.29 is 8.42 Å². The Morgan fingerprint density at radius 3 is 2.09 bits per heavy atom. The Labute approximate surface area is 136 Å². The predicted octanol–water partition coefficient (Wildman–Crippen LogP) is 4.35. The van der Waals surface area contributed by atoms with Crippen LogP contribution in [-0.2, 0) is 10.0 Å². The molecule has 0 aliphatic rings. The fraction of sp³-hybridized carbons (Fsp3) is 0.250. The topological polar surface area (TPSA) is 58.2 Å². The molecule has 0 fully saturated rings. The summed E-state index contributed by atoms with van der Waals surface area (Å²) < 4.78 is 27.1. The second-order valence-electron chi connectivity index (χ2n) is 5.09. The quantitative estimate of drug-likeness (QED) is 0.823. The van der Waals surface area contributed by atoms with E-state index in [-0.39, 0.29) is 4.90 Å². The average molecular weight is 339 g/mol. The number of sulfonamides is 1. The van der Waals surface area contributed by atoms with Crippen molar-refractivity contribution in [1.82, 2.24) is 0 Å². The summed E-state index contributed by atoms with van der Waals surface area (Å²) in [6, 6.07) is 13.6. The monoisotopic (exact) mass is 338 g/mol. The molecule has 2 aromatic rings. The first-order valence-corrected chi connectivity index (χ1v) is 8.92. The normalized spacial score (nSPS) is 12.7. The minimum absolute atomic E-state index is 0.179. The Balaban J connectivity index is 2.11. The van der Waals surface area contributed by atoms with Crippen LogP contribution >= 0.6 is 11.6 Å². The zero-order valence-electron chi connectivity index (χ0n) is 12.5. The molecule has 0 radical (unpaired) electrons. The lowest BCUT2D eigenvalue weighted by Gasteiger charge is -2.14. The van der Waals surface area contributed by atoms with Gasteiger partial charge in [-0.2, -0.15) is 0 Å². The maximum absolute atomic E-state index is 12.3. The second kappa shape index (κ2) is 7.03. The molecule has 0 aliphatic carbocycles. The Hall–Kier alpha value is -1.72. The Bertz CT molecular complexity index is 713. The molecule has 0 aliphatic heterocycles. The van der Waals surface area contributed by atoms with Gasteiger partial charge in [0.05, 0.1) is 4.90 Å². The molecule has 0 saturated carbocycles. The van der Waals surface area contributed by atoms with Gasteiger partial charge < -0.3 is 5.32 Å². The van der Waals surface area contributed by atoms with Gasteiger partial charge in [0.15, 0.2) is 0 Å². The molecule has 118 valence electrons. The van der Waals surface area contributed by atoms with E-state index >= 15 is 0 Å². The molecule has 0 amide bonds. The van der Waals surface area contributed by atoms with E-state index in [0.29, 0.717) is 16.8 Å². The molecule has 0 saturated heterocycles. The van der Waals surface area contributed by atoms with Crippen LogP contribution in [0.15, 0.2) is 53.4 Å². The number of hydrogen-bond donors (Lipinski definition) is 2. The van der Waals surface area contributed by atoms with Gasteiger partial charge in [-0.05, 0) is 61.9 Å². The van der Waals surface area contributed by atoms with Crippen molar-refractivity contribution in [2.45, 2.75) is 31.2 Å². The zero-order chi connectivity index (χ0) is 16.2. The number of anilines is 2. The maximum Gasteiger partial charge on any atom is 0.261 e. The molecule has 6 heteroatoms. The van der Waals surface area contributed by atoms with Crippen molar-refractivity contribution in [3.8, 4) is 0 Å². The van der Waals surface area contributed by atoms with Gasteiger partial charge in [0.2, 0.25) is 0 Å². The van der Waals surface area contributed by atoms with Gasteiger partial charge in [-0.15, -0.1) is 0 Å². The minimum Gasteiger partial charge on any atom is -0.383 e. The summed E-state index contributed by atoms with van der Waals surface area (Å²) in [4.78, 5) is 0.179. The van der Waals surface area contributed by atoms with Gasteiger partial charge in [-0.1, -0.05) is 18.5 Å². The van der Waals surface area contributed by atoms with Crippen molar-refractivity contribution in [3.05, 3.63) is 53.6 Å². The molecule has 1 atom stereocenters. The van der Waals surface area contributed by atoms with E-state index in [1.165, 1.54) is 12.1 Å². The molecule has 2 N–H and O–H groups in total. The first-order valence-electron chi connectivity index (χ1n) is 7.05. The van der Waals surface area contributed by atoms with Crippen LogP contribution in [-0.4, -0.2) is 14.5 Å². The summed E-state index contributed by atoms with van der Waals surface area (Å²) in [6.07, 6.45) is 1.02. The lowest BCUT2D eigenvalue weighted by molar-refractivity contribution is 0.601. The van der Waals surface area contributed by atoms with Crippen molar-refractivity contribution >= 4 is 33.0 Å². The number of hydrogen-bond acceptors (Lipinski definition) is 3. The van der Waals surface area contributed by atoms with Crippen LogP contribution in [0.2, 0.25) is 5.02 Å². The highest BCUT2D eigenvalue weighted by atomic mass is 35.5. The third-order valence-electron chi connectivity index (χ3n) is 3.29. The molecule has 22 heavy (non-hydrogen) atoms. The molecular formula is C16H19ClN2O2S. The summed E-state index contributed by atoms with van der Waals surface area (Å²) in [6.45, 7) is 4.20. The molecule has 1 unspecified atom stereocenters. The highest BCUT2D eigenvalue weighted by Gasteiger charge is 2.13. The standard InChI is InChI=1S/C16H19ClN2O2S/c1-3-12(2)18-14-6-8-15(9-7-14)19-22(20,21)16-10-4-13(17)5-11-16/h4-12,18-19H,3H2,1-2H3. The van der Waals surface area contributed by atoms with E-state index in [1.807, 2.05) is 12.1 Å². The smallest absolute Gasteiger partial charge is 0.261 e. The van der Waals surface area contributed by atoms with Crippen LogP contribution in [0.25, 0.3) is 0 Å². The van der Waals surface area contributed by atoms with E-state index in [0.717, 1.165) is 12.1 Å². The van der Waals surface area contributed by atoms with E-state index in [1.54, 1.807) is 24.3 Å². The van der Waals surface area contributed by atoms with E-state index in [2.05, 4.69) is 23.9 Å². The molecule has 2 rings (SSSR count). The van der Waals surface area contributed by atoms with Gasteiger partial charge in [-0.3, -0.25) is 4.72 Å². The summed E-state index contributed by atoms with van der Waals surface area (Å²) in [5.41, 5.74) is 1.48. The van der Waals surface area contributed by atoms with Gasteiger partial charge in [0, 0.05) is 22.4 Å². The van der Waals surface area contributed by atoms with Gasteiger partial charge >= 0.3 is 0 Å². The predicted molar refractivity (Wildman–Crippen MR) is 92.1 cm³/mol. The van der Waals surface area contributed by atoms with Crippen molar-refractivity contribution in [1.29, 1.82) is 0 Å². The largest absolute Gasteiger partial charge is 0.383 e. The fourth-order valence-electron chi connectivity index (χ4n) is 1.85. The molecule has 0 heterocycles. The second-order valence-corrected chi connectivity index (χ2v) is 7.21. The minimum atomic E-state index is -3.60. The number of rotatable bonds is 6. The van der Waals surface area contributed by atoms with Crippen molar-refractivity contribution in [2.75, 3.05) is 10.0 Å². The Morgan fingerprint density at radius 2 is 1.55 bits per heavy atom. The average Bonchev–Trinajstić information content (AvgIpc) is 2.49. The highest BCUT2D eigenvalue weighted by Crippen LogP contribution is 2.20. The van der Waals surface area contributed by atoms with Crippen LogP contribution in [0.1, 0.15) is 20.3 Å². The fourth-order valence-corrected chi connectivity index (χ4v) is 3.03. The van der Waals surface area contributed by atoms with Gasteiger partial charge in [0.25, 0.3) is 10.0 Å². The third-order valence-corrected chi connectivity index (χ3v) is 4.94. The van der Waals surface area contributed by atoms with Crippen LogP contribution in [0, 0.1) is 0 Å². The summed E-state index contributed by atoms with van der Waals surface area (Å²) in [5.74, 6) is 0. The third kappa shape index (κ3) is 4.39. The number of halogens is 1. The van der Waals surface area contributed by atoms with Crippen LogP contribution < -0.4 is 10.0 Å².